The van der Waals surface area contributed by atoms with Crippen LogP contribution in [0.2, 0.25) is 0 Å². The summed E-state index contributed by atoms with van der Waals surface area (Å²) in [6.07, 6.45) is 1.35. The van der Waals surface area contributed by atoms with Gasteiger partial charge in [-0.25, -0.2) is 0 Å². The van der Waals surface area contributed by atoms with Gasteiger partial charge in [0.2, 0.25) is 5.91 Å². The van der Waals surface area contributed by atoms with Gasteiger partial charge in [0, 0.05) is 29.2 Å². The SMILES string of the molecule is COc1ccccc1CC(=O)Nc1ccc(N2CCc3ccccc32)cc1. The lowest BCUT2D eigenvalue weighted by atomic mass is 10.1. The van der Waals surface area contributed by atoms with Crippen molar-refractivity contribution >= 4 is 23.0 Å². The molecule has 136 valence electrons. The van der Waals surface area contributed by atoms with Crippen LogP contribution in [0.3, 0.4) is 0 Å². The number of nitrogens with one attached hydrogen (secondary N) is 1. The highest BCUT2D eigenvalue weighted by atomic mass is 16.5. The van der Waals surface area contributed by atoms with Gasteiger partial charge in [-0.2, -0.15) is 0 Å². The Bertz CT molecular complexity index is 951. The molecule has 0 atom stereocenters. The predicted octanol–water partition coefficient (Wildman–Crippen LogP) is 4.57. The molecule has 0 saturated carbocycles. The van der Waals surface area contributed by atoms with Crippen LogP contribution < -0.4 is 15.0 Å². The van der Waals surface area contributed by atoms with E-state index >= 15 is 0 Å². The van der Waals surface area contributed by atoms with Crippen LogP contribution in [0, 0.1) is 0 Å². The van der Waals surface area contributed by atoms with Gasteiger partial charge >= 0.3 is 0 Å². The van der Waals surface area contributed by atoms with Gasteiger partial charge in [0.15, 0.2) is 0 Å². The maximum absolute atomic E-state index is 12.4. The minimum Gasteiger partial charge on any atom is -0.496 e. The number of rotatable bonds is 5. The van der Waals surface area contributed by atoms with E-state index in [0.29, 0.717) is 0 Å². The molecule has 0 saturated heterocycles. The Kier molecular flexibility index (Phi) is 4.79. The number of carbonyl (C=O) groups is 1. The third kappa shape index (κ3) is 3.65. The number of amides is 1. The molecule has 1 aliphatic heterocycles. The van der Waals surface area contributed by atoms with Gasteiger partial charge in [-0.3, -0.25) is 4.79 Å². The first-order valence-corrected chi connectivity index (χ1v) is 9.12. The predicted molar refractivity (Wildman–Crippen MR) is 109 cm³/mol. The maximum atomic E-state index is 12.4. The molecule has 0 aliphatic carbocycles. The van der Waals surface area contributed by atoms with Crippen LogP contribution in [-0.2, 0) is 17.6 Å². The Labute approximate surface area is 159 Å². The Balaban J connectivity index is 1.43. The molecule has 0 unspecified atom stereocenters. The molecule has 0 aromatic heterocycles. The number of anilines is 3. The zero-order chi connectivity index (χ0) is 18.6. The number of fused-ring (bicyclic) bond motifs is 1. The van der Waals surface area contributed by atoms with E-state index < -0.39 is 0 Å². The van der Waals surface area contributed by atoms with E-state index in [-0.39, 0.29) is 12.3 Å². The highest BCUT2D eigenvalue weighted by molar-refractivity contribution is 5.92. The summed E-state index contributed by atoms with van der Waals surface area (Å²) in [4.78, 5) is 14.7. The van der Waals surface area contributed by atoms with E-state index in [9.17, 15) is 4.79 Å². The second kappa shape index (κ2) is 7.54. The fraction of sp³-hybridized carbons (Fsp3) is 0.174. The van der Waals surface area contributed by atoms with E-state index in [0.717, 1.165) is 35.7 Å². The quantitative estimate of drug-likeness (QED) is 0.726. The molecular weight excluding hydrogens is 336 g/mol. The highest BCUT2D eigenvalue weighted by Gasteiger charge is 2.19. The van der Waals surface area contributed by atoms with Crippen molar-refractivity contribution in [2.75, 3.05) is 23.9 Å². The lowest BCUT2D eigenvalue weighted by Crippen LogP contribution is -2.16. The number of ether oxygens (including phenoxy) is 1. The molecule has 0 fully saturated rings. The average Bonchev–Trinajstić information content (AvgIpc) is 3.13. The number of nitrogens with zero attached hydrogens (tertiary/aromatic N) is 1. The molecule has 27 heavy (non-hydrogen) atoms. The number of methoxy groups -OCH3 is 1. The highest BCUT2D eigenvalue weighted by Crippen LogP contribution is 2.34. The molecule has 4 rings (SSSR count). The molecular formula is C23H22N2O2. The minimum absolute atomic E-state index is 0.0567. The lowest BCUT2D eigenvalue weighted by Gasteiger charge is -2.20. The zero-order valence-electron chi connectivity index (χ0n) is 15.3. The summed E-state index contributed by atoms with van der Waals surface area (Å²) in [7, 11) is 1.62. The van der Waals surface area contributed by atoms with Crippen LogP contribution in [0.25, 0.3) is 0 Å². The van der Waals surface area contributed by atoms with Crippen LogP contribution >= 0.6 is 0 Å². The Hall–Kier alpha value is -3.27. The Morgan fingerprint density at radius 3 is 2.56 bits per heavy atom. The molecule has 4 nitrogen and oxygen atoms in total. The molecule has 3 aromatic rings. The van der Waals surface area contributed by atoms with Gasteiger partial charge in [0.05, 0.1) is 13.5 Å². The number of hydrogen-bond acceptors (Lipinski definition) is 3. The Morgan fingerprint density at radius 2 is 1.74 bits per heavy atom. The van der Waals surface area contributed by atoms with E-state index in [4.69, 9.17) is 4.74 Å². The van der Waals surface area contributed by atoms with Crippen LogP contribution in [0.1, 0.15) is 11.1 Å². The van der Waals surface area contributed by atoms with Crippen molar-refractivity contribution in [1.29, 1.82) is 0 Å². The number of hydrogen-bond donors (Lipinski definition) is 1. The molecule has 0 bridgehead atoms. The van der Waals surface area contributed by atoms with Gasteiger partial charge in [-0.15, -0.1) is 0 Å². The van der Waals surface area contributed by atoms with E-state index in [1.165, 1.54) is 11.3 Å². The maximum Gasteiger partial charge on any atom is 0.228 e. The summed E-state index contributed by atoms with van der Waals surface area (Å²) in [5.41, 5.74) is 5.47. The first-order chi connectivity index (χ1) is 13.2. The lowest BCUT2D eigenvalue weighted by molar-refractivity contribution is -0.115. The average molecular weight is 358 g/mol. The van der Waals surface area contributed by atoms with Gasteiger partial charge in [-0.1, -0.05) is 36.4 Å². The minimum atomic E-state index is -0.0567. The topological polar surface area (TPSA) is 41.6 Å². The van der Waals surface area contributed by atoms with Crippen molar-refractivity contribution in [1.82, 2.24) is 0 Å². The van der Waals surface area contributed by atoms with Crippen LogP contribution in [0.15, 0.2) is 72.8 Å². The Morgan fingerprint density at radius 1 is 1.00 bits per heavy atom. The number of carbonyl (C=O) groups excluding carboxylic acids is 1. The van der Waals surface area contributed by atoms with Crippen molar-refractivity contribution in [3.8, 4) is 5.75 Å². The molecule has 0 spiro atoms. The molecule has 1 heterocycles. The fourth-order valence-electron chi connectivity index (χ4n) is 3.56. The van der Waals surface area contributed by atoms with E-state index in [1.807, 2.05) is 36.4 Å². The molecule has 1 N–H and O–H groups in total. The van der Waals surface area contributed by atoms with Crippen LogP contribution in [0.5, 0.6) is 5.75 Å². The monoisotopic (exact) mass is 358 g/mol. The third-order valence-corrected chi connectivity index (χ3v) is 4.89. The molecule has 1 amide bonds. The van der Waals surface area contributed by atoms with Crippen LogP contribution in [0.4, 0.5) is 17.1 Å². The zero-order valence-corrected chi connectivity index (χ0v) is 15.3. The molecule has 3 aromatic carbocycles. The van der Waals surface area contributed by atoms with Gasteiger partial charge in [0.1, 0.15) is 5.75 Å². The van der Waals surface area contributed by atoms with Crippen molar-refractivity contribution in [2.24, 2.45) is 0 Å². The third-order valence-electron chi connectivity index (χ3n) is 4.89. The fourth-order valence-corrected chi connectivity index (χ4v) is 3.56. The second-order valence-corrected chi connectivity index (χ2v) is 6.61. The summed E-state index contributed by atoms with van der Waals surface area (Å²) in [6, 6.07) is 24.1. The number of para-hydroxylation sites is 2. The summed E-state index contributed by atoms with van der Waals surface area (Å²) in [5, 5.41) is 2.97. The van der Waals surface area contributed by atoms with Crippen molar-refractivity contribution < 1.29 is 9.53 Å². The van der Waals surface area contributed by atoms with Crippen molar-refractivity contribution in [3.63, 3.8) is 0 Å². The summed E-state index contributed by atoms with van der Waals surface area (Å²) < 4.78 is 5.31. The largest absolute Gasteiger partial charge is 0.496 e. The van der Waals surface area contributed by atoms with Gasteiger partial charge in [-0.05, 0) is 48.4 Å². The smallest absolute Gasteiger partial charge is 0.228 e. The molecule has 1 aliphatic rings. The van der Waals surface area contributed by atoms with Gasteiger partial charge < -0.3 is 15.0 Å². The van der Waals surface area contributed by atoms with E-state index in [2.05, 4.69) is 46.6 Å². The molecule has 4 heteroatoms. The second-order valence-electron chi connectivity index (χ2n) is 6.61. The summed E-state index contributed by atoms with van der Waals surface area (Å²) in [5.74, 6) is 0.675. The summed E-state index contributed by atoms with van der Waals surface area (Å²) >= 11 is 0. The number of benzene rings is 3. The van der Waals surface area contributed by atoms with Crippen molar-refractivity contribution in [3.05, 3.63) is 83.9 Å². The standard InChI is InChI=1S/C23H22N2O2/c1-27-22-9-5-3-7-18(22)16-23(26)24-19-10-12-20(13-11-19)25-15-14-17-6-2-4-8-21(17)25/h2-13H,14-16H2,1H3,(H,24,26). The molecule has 0 radical (unpaired) electrons. The van der Waals surface area contributed by atoms with E-state index in [1.54, 1.807) is 7.11 Å². The normalized spacial score (nSPS) is 12.6. The van der Waals surface area contributed by atoms with Crippen molar-refractivity contribution in [2.45, 2.75) is 12.8 Å². The van der Waals surface area contributed by atoms with Gasteiger partial charge in [0.25, 0.3) is 0 Å². The first-order valence-electron chi connectivity index (χ1n) is 9.12. The first kappa shape index (κ1) is 17.2. The van der Waals surface area contributed by atoms with Crippen LogP contribution in [-0.4, -0.2) is 19.6 Å². The summed E-state index contributed by atoms with van der Waals surface area (Å²) in [6.45, 7) is 0.985.